The number of fused-ring (bicyclic) bond motifs is 6. The Morgan fingerprint density at radius 2 is 1.97 bits per heavy atom. The van der Waals surface area contributed by atoms with Gasteiger partial charge in [0.1, 0.15) is 30.5 Å². The van der Waals surface area contributed by atoms with E-state index >= 15 is 0 Å². The van der Waals surface area contributed by atoms with Gasteiger partial charge in [0.25, 0.3) is 0 Å². The van der Waals surface area contributed by atoms with Crippen molar-refractivity contribution in [2.24, 2.45) is 0 Å². The van der Waals surface area contributed by atoms with Crippen molar-refractivity contribution in [3.63, 3.8) is 0 Å². The van der Waals surface area contributed by atoms with Crippen molar-refractivity contribution < 1.29 is 34.0 Å². The first kappa shape index (κ1) is 21.6. The fraction of sp³-hybridized carbons (Fsp3) is 0.706. The maximum absolute atomic E-state index is 12.8. The van der Waals surface area contributed by atoms with Gasteiger partial charge < -0.3 is 30.7 Å². The van der Waals surface area contributed by atoms with Crippen LogP contribution in [0.3, 0.4) is 0 Å². The third-order valence-electron chi connectivity index (χ3n) is 6.05. The highest BCUT2D eigenvalue weighted by atomic mass is 31.2. The Morgan fingerprint density at radius 1 is 1.30 bits per heavy atom. The van der Waals surface area contributed by atoms with Gasteiger partial charge in [0.05, 0.1) is 11.5 Å². The second-order valence-electron chi connectivity index (χ2n) is 8.49. The van der Waals surface area contributed by atoms with Crippen LogP contribution in [0.15, 0.2) is 6.33 Å². The molecule has 2 aromatic heterocycles. The molecular weight excluding hydrogens is 417 g/mol. The number of nitrogens with zero attached hydrogens (tertiary/aromatic N) is 4. The summed E-state index contributed by atoms with van der Waals surface area (Å²) in [6, 6.07) is 0. The van der Waals surface area contributed by atoms with Crippen LogP contribution >= 0.6 is 7.60 Å². The van der Waals surface area contributed by atoms with Gasteiger partial charge in [0, 0.05) is 0 Å². The van der Waals surface area contributed by atoms with E-state index in [9.17, 15) is 24.8 Å². The van der Waals surface area contributed by atoms with Crippen molar-refractivity contribution in [2.45, 2.75) is 75.5 Å². The van der Waals surface area contributed by atoms with E-state index in [1.54, 1.807) is 13.8 Å². The summed E-state index contributed by atoms with van der Waals surface area (Å²) in [4.78, 5) is 23.1. The lowest BCUT2D eigenvalue weighted by atomic mass is 9.80. The van der Waals surface area contributed by atoms with Crippen molar-refractivity contribution in [1.82, 2.24) is 19.5 Å². The van der Waals surface area contributed by atoms with Crippen molar-refractivity contribution in [1.29, 1.82) is 0 Å². The van der Waals surface area contributed by atoms with E-state index < -0.39 is 49.0 Å². The number of aliphatic hydroxyl groups is 3. The van der Waals surface area contributed by atoms with Crippen LogP contribution in [0, 0.1) is 0 Å². The number of ether oxygens (including phenoxy) is 1. The summed E-state index contributed by atoms with van der Waals surface area (Å²) in [5, 5.41) is 29.4. The molecule has 0 saturated carbocycles. The van der Waals surface area contributed by atoms with E-state index in [1.807, 2.05) is 0 Å². The zero-order valence-electron chi connectivity index (χ0n) is 17.0. The summed E-state index contributed by atoms with van der Waals surface area (Å²) in [7, 11) is -4.53. The molecule has 13 heteroatoms. The molecule has 166 valence electrons. The van der Waals surface area contributed by atoms with Crippen LogP contribution in [0.2, 0.25) is 0 Å². The summed E-state index contributed by atoms with van der Waals surface area (Å²) in [5.74, 6) is -0.438. The Kier molecular flexibility index (Phi) is 4.79. The smallest absolute Gasteiger partial charge is 0.359 e. The molecule has 2 aliphatic rings. The average molecular weight is 443 g/mol. The van der Waals surface area contributed by atoms with Crippen LogP contribution < -0.4 is 5.73 Å². The van der Waals surface area contributed by atoms with Gasteiger partial charge in [-0.1, -0.05) is 6.92 Å². The highest BCUT2D eigenvalue weighted by molar-refractivity contribution is 7.54. The highest BCUT2D eigenvalue weighted by Gasteiger charge is 2.60. The fourth-order valence-electron chi connectivity index (χ4n) is 4.09. The van der Waals surface area contributed by atoms with Crippen LogP contribution in [0.5, 0.6) is 0 Å². The zero-order chi connectivity index (χ0) is 22.2. The van der Waals surface area contributed by atoms with Crippen LogP contribution in [0.4, 0.5) is 5.82 Å². The molecule has 1 saturated heterocycles. The summed E-state index contributed by atoms with van der Waals surface area (Å²) >= 11 is 0. The summed E-state index contributed by atoms with van der Waals surface area (Å²) < 4.78 is 25.9. The van der Waals surface area contributed by atoms with Gasteiger partial charge in [-0.3, -0.25) is 13.7 Å². The third kappa shape index (κ3) is 2.90. The molecule has 2 aromatic rings. The molecule has 0 aromatic carbocycles. The van der Waals surface area contributed by atoms with Crippen molar-refractivity contribution in [2.75, 3.05) is 5.73 Å². The molecular formula is C17H26N5O7P. The van der Waals surface area contributed by atoms with Crippen molar-refractivity contribution >= 4 is 24.6 Å². The number of aliphatic hydroxyl groups excluding tert-OH is 2. The topological polar surface area (TPSA) is 186 Å². The normalized spacial score (nSPS) is 32.6. The Morgan fingerprint density at radius 3 is 2.57 bits per heavy atom. The lowest BCUT2D eigenvalue weighted by molar-refractivity contribution is -0.109. The SMILES string of the molecule is CCC(C)(OP(=O)(O)C(C)(C)O)[C@H]1c2nc3c(N)ncnc3n2C2OC1[C@@H](O)[C@H]2O. The van der Waals surface area contributed by atoms with Gasteiger partial charge in [-0.05, 0) is 27.2 Å². The average Bonchev–Trinajstić information content (AvgIpc) is 3.14. The van der Waals surface area contributed by atoms with Crippen LogP contribution in [-0.2, 0) is 13.8 Å². The first-order chi connectivity index (χ1) is 13.8. The standard InChI is InChI=1S/C17H26N5O7P/c1-5-17(4,29-30(26,27)16(2,3)25)7-11-9(23)10(24)15(28-11)22-13(7)21-8-12(18)19-6-20-14(8)22/h6-7,9-11,15,23-25H,5H2,1-4H3,(H,26,27)(H2,18,19,20)/t7-,9+,10-,11?,15?,17?/m1/s1. The minimum absolute atomic E-state index is 0.120. The molecule has 1 fully saturated rings. The first-order valence-electron chi connectivity index (χ1n) is 9.58. The van der Waals surface area contributed by atoms with Crippen molar-refractivity contribution in [3.8, 4) is 0 Å². The van der Waals surface area contributed by atoms with Gasteiger partial charge in [0.15, 0.2) is 28.6 Å². The second kappa shape index (κ2) is 6.67. The van der Waals surface area contributed by atoms with E-state index in [-0.39, 0.29) is 17.8 Å². The van der Waals surface area contributed by atoms with Gasteiger partial charge >= 0.3 is 7.60 Å². The zero-order valence-corrected chi connectivity index (χ0v) is 17.9. The van der Waals surface area contributed by atoms with Crippen LogP contribution in [-0.4, -0.2) is 69.0 Å². The molecule has 0 radical (unpaired) electrons. The molecule has 0 spiro atoms. The van der Waals surface area contributed by atoms with E-state index in [1.165, 1.54) is 24.7 Å². The third-order valence-corrected chi connectivity index (χ3v) is 8.10. The van der Waals surface area contributed by atoms with Crippen molar-refractivity contribution in [3.05, 3.63) is 12.2 Å². The minimum atomic E-state index is -4.53. The summed E-state index contributed by atoms with van der Waals surface area (Å²) in [5.41, 5.74) is 5.11. The fourth-order valence-corrected chi connectivity index (χ4v) is 5.12. The Hall–Kier alpha value is -1.66. The van der Waals surface area contributed by atoms with Crippen LogP contribution in [0.1, 0.15) is 52.1 Å². The number of aromatic nitrogens is 4. The predicted molar refractivity (Wildman–Crippen MR) is 104 cm³/mol. The number of hydrogen-bond donors (Lipinski definition) is 5. The second-order valence-corrected chi connectivity index (χ2v) is 10.8. The van der Waals surface area contributed by atoms with Gasteiger partial charge in [-0.15, -0.1) is 0 Å². The summed E-state index contributed by atoms with van der Waals surface area (Å²) in [6.45, 7) is 5.66. The van der Waals surface area contributed by atoms with Crippen LogP contribution in [0.25, 0.3) is 11.2 Å². The Bertz CT molecular complexity index is 1040. The molecule has 0 amide bonds. The van der Waals surface area contributed by atoms with Gasteiger partial charge in [-0.2, -0.15) is 0 Å². The van der Waals surface area contributed by atoms with E-state index in [0.717, 1.165) is 0 Å². The molecule has 6 N–H and O–H groups in total. The number of anilines is 1. The summed E-state index contributed by atoms with van der Waals surface area (Å²) in [6.07, 6.45) is -3.08. The lowest BCUT2D eigenvalue weighted by Crippen LogP contribution is -2.48. The lowest BCUT2D eigenvalue weighted by Gasteiger charge is -2.44. The Balaban J connectivity index is 1.93. The van der Waals surface area contributed by atoms with E-state index in [2.05, 4.69) is 15.0 Å². The molecule has 4 rings (SSSR count). The first-order valence-corrected chi connectivity index (χ1v) is 11.2. The number of nitrogens with two attached hydrogens (primary N) is 1. The molecule has 2 bridgehead atoms. The quantitative estimate of drug-likeness (QED) is 0.398. The monoisotopic (exact) mass is 443 g/mol. The van der Waals surface area contributed by atoms with E-state index in [0.29, 0.717) is 11.5 Å². The largest absolute Gasteiger partial charge is 0.387 e. The molecule has 4 unspecified atom stereocenters. The molecule has 12 nitrogen and oxygen atoms in total. The highest BCUT2D eigenvalue weighted by Crippen LogP contribution is 2.61. The Labute approximate surface area is 172 Å². The van der Waals surface area contributed by atoms with Gasteiger partial charge in [0.2, 0.25) is 0 Å². The number of rotatable bonds is 5. The number of nitrogen functional groups attached to an aromatic ring is 1. The molecule has 7 atom stereocenters. The predicted octanol–water partition coefficient (Wildman–Crippen LogP) is 0.224. The molecule has 30 heavy (non-hydrogen) atoms. The number of imidazole rings is 1. The molecule has 2 aliphatic heterocycles. The maximum atomic E-state index is 12.8. The number of hydrogen-bond acceptors (Lipinski definition) is 10. The minimum Gasteiger partial charge on any atom is -0.387 e. The molecule has 0 aliphatic carbocycles. The van der Waals surface area contributed by atoms with E-state index in [4.69, 9.17) is 15.0 Å². The maximum Gasteiger partial charge on any atom is 0.359 e. The molecule has 4 heterocycles. The van der Waals surface area contributed by atoms with Gasteiger partial charge in [-0.25, -0.2) is 15.0 Å².